The van der Waals surface area contributed by atoms with E-state index in [2.05, 4.69) is 67.6 Å². The van der Waals surface area contributed by atoms with Gasteiger partial charge in [0.05, 0.1) is 10.7 Å². The summed E-state index contributed by atoms with van der Waals surface area (Å²) in [7, 11) is 0. The van der Waals surface area contributed by atoms with Gasteiger partial charge in [0, 0.05) is 17.8 Å². The highest BCUT2D eigenvalue weighted by Gasteiger charge is 2.14. The molecule has 2 aromatic rings. The highest BCUT2D eigenvalue weighted by Crippen LogP contribution is 2.22. The number of hydrogen-bond acceptors (Lipinski definition) is 3. The van der Waals surface area contributed by atoms with Crippen molar-refractivity contribution in [3.05, 3.63) is 51.5 Å². The van der Waals surface area contributed by atoms with Crippen molar-refractivity contribution in [2.75, 3.05) is 13.1 Å². The van der Waals surface area contributed by atoms with Gasteiger partial charge in [-0.1, -0.05) is 43.7 Å². The molecule has 1 heterocycles. The summed E-state index contributed by atoms with van der Waals surface area (Å²) in [4.78, 5) is 4.63. The topological polar surface area (TPSA) is 24.9 Å². The number of rotatable bonds is 7. The maximum absolute atomic E-state index is 4.63. The third-order valence-electron chi connectivity index (χ3n) is 3.61. The van der Waals surface area contributed by atoms with Crippen LogP contribution in [0.2, 0.25) is 0 Å². The summed E-state index contributed by atoms with van der Waals surface area (Å²) < 4.78 is 0. The quantitative estimate of drug-likeness (QED) is 0.823. The summed E-state index contributed by atoms with van der Waals surface area (Å²) >= 11 is 1.74. The van der Waals surface area contributed by atoms with Gasteiger partial charge in [0.25, 0.3) is 0 Å². The van der Waals surface area contributed by atoms with Gasteiger partial charge in [-0.3, -0.25) is 0 Å². The third kappa shape index (κ3) is 5.25. The Morgan fingerprint density at radius 3 is 2.38 bits per heavy atom. The van der Waals surface area contributed by atoms with Crippen molar-refractivity contribution in [3.8, 4) is 0 Å². The highest BCUT2D eigenvalue weighted by molar-refractivity contribution is 7.09. The fourth-order valence-electron chi connectivity index (χ4n) is 2.45. The van der Waals surface area contributed by atoms with Crippen LogP contribution >= 0.6 is 11.3 Å². The van der Waals surface area contributed by atoms with Crippen molar-refractivity contribution in [2.24, 2.45) is 5.92 Å². The van der Waals surface area contributed by atoms with Crippen molar-refractivity contribution >= 4 is 11.3 Å². The molecule has 0 saturated carbocycles. The second kappa shape index (κ2) is 7.71. The minimum Gasteiger partial charge on any atom is -0.316 e. The van der Waals surface area contributed by atoms with Gasteiger partial charge in [-0.2, -0.15) is 0 Å². The van der Waals surface area contributed by atoms with Crippen molar-refractivity contribution < 1.29 is 0 Å². The second-order valence-corrected chi connectivity index (χ2v) is 7.28. The molecule has 0 amide bonds. The predicted molar refractivity (Wildman–Crippen MR) is 92.2 cm³/mol. The van der Waals surface area contributed by atoms with Crippen LogP contribution in [0.4, 0.5) is 0 Å². The zero-order valence-electron chi connectivity index (χ0n) is 13.5. The Hall–Kier alpha value is -1.19. The van der Waals surface area contributed by atoms with Crippen LogP contribution in [0.1, 0.15) is 41.6 Å². The number of aryl methyl sites for hydroxylation is 2. The average molecular weight is 302 g/mol. The van der Waals surface area contributed by atoms with Gasteiger partial charge in [-0.25, -0.2) is 4.98 Å². The molecular weight excluding hydrogens is 276 g/mol. The lowest BCUT2D eigenvalue weighted by Crippen LogP contribution is -2.26. The van der Waals surface area contributed by atoms with E-state index in [1.165, 1.54) is 16.8 Å². The van der Waals surface area contributed by atoms with Crippen LogP contribution < -0.4 is 5.32 Å². The van der Waals surface area contributed by atoms with E-state index in [-0.39, 0.29) is 0 Å². The molecular formula is C18H26N2S. The van der Waals surface area contributed by atoms with Crippen molar-refractivity contribution in [3.63, 3.8) is 0 Å². The number of nitrogens with zero attached hydrogens (tertiary/aromatic N) is 1. The third-order valence-corrected chi connectivity index (χ3v) is 4.44. The summed E-state index contributed by atoms with van der Waals surface area (Å²) in [6.07, 6.45) is 1.01. The molecule has 0 aliphatic heterocycles. The first-order valence-corrected chi connectivity index (χ1v) is 8.61. The molecule has 3 heteroatoms. The Morgan fingerprint density at radius 2 is 1.81 bits per heavy atom. The van der Waals surface area contributed by atoms with Crippen LogP contribution in [-0.4, -0.2) is 18.1 Å². The molecule has 0 aliphatic carbocycles. The zero-order valence-corrected chi connectivity index (χ0v) is 14.3. The SMILES string of the molecule is Cc1ccc(C(CNCC(C)C)Cc2csc(C)n2)cc1. The van der Waals surface area contributed by atoms with E-state index in [0.29, 0.717) is 11.8 Å². The molecule has 2 rings (SSSR count). The van der Waals surface area contributed by atoms with Crippen LogP contribution in [0, 0.1) is 19.8 Å². The van der Waals surface area contributed by atoms with Crippen molar-refractivity contribution in [1.82, 2.24) is 10.3 Å². The molecule has 1 unspecified atom stereocenters. The molecule has 0 bridgehead atoms. The Bertz CT molecular complexity index is 543. The first-order chi connectivity index (χ1) is 10.0. The van der Waals surface area contributed by atoms with E-state index in [1.54, 1.807) is 11.3 Å². The molecule has 1 aromatic carbocycles. The van der Waals surface area contributed by atoms with Gasteiger partial charge in [-0.15, -0.1) is 11.3 Å². The van der Waals surface area contributed by atoms with E-state index in [1.807, 2.05) is 0 Å². The van der Waals surface area contributed by atoms with Gasteiger partial charge in [-0.05, 0) is 38.3 Å². The molecule has 2 nitrogen and oxygen atoms in total. The first kappa shape index (κ1) is 16.2. The number of hydrogen-bond donors (Lipinski definition) is 1. The van der Waals surface area contributed by atoms with Gasteiger partial charge in [0.1, 0.15) is 0 Å². The maximum Gasteiger partial charge on any atom is 0.0897 e. The molecule has 0 aliphatic rings. The van der Waals surface area contributed by atoms with E-state index in [9.17, 15) is 0 Å². The van der Waals surface area contributed by atoms with Crippen LogP contribution in [0.5, 0.6) is 0 Å². The minimum atomic E-state index is 0.492. The van der Waals surface area contributed by atoms with Crippen LogP contribution in [0.15, 0.2) is 29.6 Å². The summed E-state index contributed by atoms with van der Waals surface area (Å²) in [6, 6.07) is 8.93. The van der Waals surface area contributed by atoms with E-state index < -0.39 is 0 Å². The number of benzene rings is 1. The Balaban J connectivity index is 2.07. The fraction of sp³-hybridized carbons (Fsp3) is 0.500. The van der Waals surface area contributed by atoms with E-state index in [0.717, 1.165) is 24.5 Å². The summed E-state index contributed by atoms with van der Waals surface area (Å²) in [5.41, 5.74) is 3.94. The molecule has 21 heavy (non-hydrogen) atoms. The summed E-state index contributed by atoms with van der Waals surface area (Å²) in [5, 5.41) is 6.95. The normalized spacial score (nSPS) is 12.8. The van der Waals surface area contributed by atoms with E-state index in [4.69, 9.17) is 0 Å². The average Bonchev–Trinajstić information content (AvgIpc) is 2.84. The van der Waals surface area contributed by atoms with Gasteiger partial charge >= 0.3 is 0 Å². The summed E-state index contributed by atoms with van der Waals surface area (Å²) in [6.45, 7) is 10.8. The lowest BCUT2D eigenvalue weighted by molar-refractivity contribution is 0.512. The van der Waals surface area contributed by atoms with Crippen LogP contribution in [0.3, 0.4) is 0 Å². The number of aromatic nitrogens is 1. The molecule has 1 aromatic heterocycles. The van der Waals surface area contributed by atoms with Crippen LogP contribution in [-0.2, 0) is 6.42 Å². The van der Waals surface area contributed by atoms with Crippen molar-refractivity contribution in [2.45, 2.75) is 40.0 Å². The molecule has 0 radical (unpaired) electrons. The minimum absolute atomic E-state index is 0.492. The Labute approximate surface area is 132 Å². The van der Waals surface area contributed by atoms with Crippen LogP contribution in [0.25, 0.3) is 0 Å². The van der Waals surface area contributed by atoms with E-state index >= 15 is 0 Å². The lowest BCUT2D eigenvalue weighted by Gasteiger charge is -2.18. The van der Waals surface area contributed by atoms with Gasteiger partial charge in [0.2, 0.25) is 0 Å². The lowest BCUT2D eigenvalue weighted by atomic mass is 9.93. The molecule has 0 fully saturated rings. The smallest absolute Gasteiger partial charge is 0.0897 e. The summed E-state index contributed by atoms with van der Waals surface area (Å²) in [5.74, 6) is 1.18. The Morgan fingerprint density at radius 1 is 1.10 bits per heavy atom. The molecule has 1 atom stereocenters. The number of nitrogens with one attached hydrogen (secondary N) is 1. The fourth-order valence-corrected chi connectivity index (χ4v) is 3.07. The highest BCUT2D eigenvalue weighted by atomic mass is 32.1. The predicted octanol–water partition coefficient (Wildman–Crippen LogP) is 4.33. The molecule has 1 N–H and O–H groups in total. The van der Waals surface area contributed by atoms with Crippen molar-refractivity contribution in [1.29, 1.82) is 0 Å². The first-order valence-electron chi connectivity index (χ1n) is 7.73. The Kier molecular flexibility index (Phi) is 5.95. The van der Waals surface area contributed by atoms with Gasteiger partial charge < -0.3 is 5.32 Å². The monoisotopic (exact) mass is 302 g/mol. The van der Waals surface area contributed by atoms with Gasteiger partial charge in [0.15, 0.2) is 0 Å². The number of thiazole rings is 1. The largest absolute Gasteiger partial charge is 0.316 e. The molecule has 0 spiro atoms. The maximum atomic E-state index is 4.63. The standard InChI is InChI=1S/C18H26N2S/c1-13(2)10-19-11-17(9-18-12-21-15(4)20-18)16-7-5-14(3)6-8-16/h5-8,12-13,17,19H,9-11H2,1-4H3. The molecule has 0 saturated heterocycles. The second-order valence-electron chi connectivity index (χ2n) is 6.22. The zero-order chi connectivity index (χ0) is 15.2. The molecule has 114 valence electrons.